The summed E-state index contributed by atoms with van der Waals surface area (Å²) in [5.41, 5.74) is 1.64. The van der Waals surface area contributed by atoms with Gasteiger partial charge in [0.05, 0.1) is 0 Å². The molecular formula is C14H16N2O2. The van der Waals surface area contributed by atoms with Crippen molar-refractivity contribution >= 4 is 5.97 Å². The molecule has 94 valence electrons. The van der Waals surface area contributed by atoms with Gasteiger partial charge in [0.15, 0.2) is 5.54 Å². The van der Waals surface area contributed by atoms with Crippen LogP contribution in [0.2, 0.25) is 0 Å². The zero-order valence-electron chi connectivity index (χ0n) is 10.7. The van der Waals surface area contributed by atoms with Crippen molar-refractivity contribution in [1.29, 1.82) is 0 Å². The van der Waals surface area contributed by atoms with Crippen LogP contribution in [0.25, 0.3) is 0 Å². The van der Waals surface area contributed by atoms with Crippen molar-refractivity contribution in [2.24, 2.45) is 0 Å². The van der Waals surface area contributed by atoms with Gasteiger partial charge in [-0.3, -0.25) is 4.68 Å². The molecule has 2 aromatic rings. The van der Waals surface area contributed by atoms with Gasteiger partial charge >= 0.3 is 5.97 Å². The van der Waals surface area contributed by atoms with Gasteiger partial charge in [-0.1, -0.05) is 23.8 Å². The lowest BCUT2D eigenvalue weighted by Gasteiger charge is -2.27. The highest BCUT2D eigenvalue weighted by Gasteiger charge is 2.38. The molecule has 1 atom stereocenters. The second-order valence-electron chi connectivity index (χ2n) is 4.65. The first-order chi connectivity index (χ1) is 8.46. The number of hydrogen-bond acceptors (Lipinski definition) is 2. The summed E-state index contributed by atoms with van der Waals surface area (Å²) in [5.74, 6) is -0.918. The fraction of sp³-hybridized carbons (Fsp3) is 0.286. The lowest BCUT2D eigenvalue weighted by molar-refractivity contribution is -0.144. The molecule has 1 heterocycles. The van der Waals surface area contributed by atoms with Gasteiger partial charge in [-0.25, -0.2) is 4.79 Å². The van der Waals surface area contributed by atoms with Gasteiger partial charge in [-0.2, -0.15) is 5.10 Å². The third-order valence-corrected chi connectivity index (χ3v) is 3.29. The predicted octanol–water partition coefficient (Wildman–Crippen LogP) is 2.35. The minimum atomic E-state index is -1.18. The van der Waals surface area contributed by atoms with Crippen molar-refractivity contribution in [3.05, 3.63) is 53.3 Å². The summed E-state index contributed by atoms with van der Waals surface area (Å²) in [7, 11) is 0. The van der Waals surface area contributed by atoms with Gasteiger partial charge in [-0.05, 0) is 38.0 Å². The number of carbonyl (C=O) groups is 1. The summed E-state index contributed by atoms with van der Waals surface area (Å²) in [4.78, 5) is 11.7. The lowest BCUT2D eigenvalue weighted by atomic mass is 9.88. The molecule has 18 heavy (non-hydrogen) atoms. The van der Waals surface area contributed by atoms with Gasteiger partial charge in [0.1, 0.15) is 0 Å². The Balaban J connectivity index is 2.65. The highest BCUT2D eigenvalue weighted by Crippen LogP contribution is 2.29. The second-order valence-corrected chi connectivity index (χ2v) is 4.65. The molecule has 0 radical (unpaired) electrons. The number of benzene rings is 1. The van der Waals surface area contributed by atoms with Crippen LogP contribution in [0.15, 0.2) is 36.7 Å². The van der Waals surface area contributed by atoms with Crippen molar-refractivity contribution in [3.8, 4) is 0 Å². The highest BCUT2D eigenvalue weighted by molar-refractivity contribution is 5.81. The van der Waals surface area contributed by atoms with E-state index in [1.54, 1.807) is 25.4 Å². The van der Waals surface area contributed by atoms with Crippen LogP contribution in [0.3, 0.4) is 0 Å². The first-order valence-corrected chi connectivity index (χ1v) is 5.77. The van der Waals surface area contributed by atoms with Crippen molar-refractivity contribution in [2.45, 2.75) is 26.3 Å². The molecule has 4 nitrogen and oxygen atoms in total. The van der Waals surface area contributed by atoms with Gasteiger partial charge in [0.25, 0.3) is 0 Å². The quantitative estimate of drug-likeness (QED) is 0.901. The van der Waals surface area contributed by atoms with E-state index >= 15 is 0 Å². The molecule has 2 rings (SSSR count). The highest BCUT2D eigenvalue weighted by atomic mass is 16.4. The number of aryl methyl sites for hydroxylation is 2. The normalized spacial score (nSPS) is 14.2. The van der Waals surface area contributed by atoms with E-state index in [1.165, 1.54) is 4.68 Å². The van der Waals surface area contributed by atoms with Crippen LogP contribution < -0.4 is 0 Å². The van der Waals surface area contributed by atoms with Crippen molar-refractivity contribution < 1.29 is 9.90 Å². The summed E-state index contributed by atoms with van der Waals surface area (Å²) in [5, 5.41) is 13.7. The maximum Gasteiger partial charge on any atom is 0.336 e. The van der Waals surface area contributed by atoms with Crippen LogP contribution in [0, 0.1) is 13.8 Å². The number of nitrogens with zero attached hydrogens (tertiary/aromatic N) is 2. The van der Waals surface area contributed by atoms with Crippen molar-refractivity contribution in [1.82, 2.24) is 9.78 Å². The molecule has 1 aromatic heterocycles. The van der Waals surface area contributed by atoms with E-state index in [4.69, 9.17) is 0 Å². The zero-order chi connectivity index (χ0) is 13.3. The molecule has 1 unspecified atom stereocenters. The number of rotatable bonds is 3. The van der Waals surface area contributed by atoms with E-state index in [-0.39, 0.29) is 0 Å². The molecule has 0 saturated heterocycles. The Bertz CT molecular complexity index is 575. The SMILES string of the molecule is Cc1ccc(C(C)(C(=O)O)n2cccn2)c(C)c1. The van der Waals surface area contributed by atoms with Gasteiger partial charge in [-0.15, -0.1) is 0 Å². The molecule has 0 saturated carbocycles. The molecule has 4 heteroatoms. The van der Waals surface area contributed by atoms with Crippen LogP contribution in [-0.4, -0.2) is 20.9 Å². The number of aliphatic carboxylic acids is 1. The molecule has 0 aliphatic carbocycles. The van der Waals surface area contributed by atoms with Crippen LogP contribution in [0.5, 0.6) is 0 Å². The summed E-state index contributed by atoms with van der Waals surface area (Å²) >= 11 is 0. The number of carboxylic acid groups (broad SMARTS) is 1. The third-order valence-electron chi connectivity index (χ3n) is 3.29. The maximum atomic E-state index is 11.7. The van der Waals surface area contributed by atoms with Crippen LogP contribution in [0.4, 0.5) is 0 Å². The first kappa shape index (κ1) is 12.4. The molecule has 1 aromatic carbocycles. The fourth-order valence-corrected chi connectivity index (χ4v) is 2.23. The minimum Gasteiger partial charge on any atom is -0.479 e. The van der Waals surface area contributed by atoms with Gasteiger partial charge in [0.2, 0.25) is 0 Å². The minimum absolute atomic E-state index is 0.754. The number of hydrogen-bond donors (Lipinski definition) is 1. The Morgan fingerprint density at radius 3 is 2.61 bits per heavy atom. The smallest absolute Gasteiger partial charge is 0.336 e. The average Bonchev–Trinajstić information content (AvgIpc) is 2.81. The Kier molecular flexibility index (Phi) is 2.95. The molecule has 0 aliphatic rings. The van der Waals surface area contributed by atoms with E-state index in [0.29, 0.717) is 0 Å². The maximum absolute atomic E-state index is 11.7. The predicted molar refractivity (Wildman–Crippen MR) is 68.5 cm³/mol. The van der Waals surface area contributed by atoms with Crippen molar-refractivity contribution in [3.63, 3.8) is 0 Å². The fourth-order valence-electron chi connectivity index (χ4n) is 2.23. The Labute approximate surface area is 106 Å². The number of carboxylic acids is 1. The van der Waals surface area contributed by atoms with Crippen molar-refractivity contribution in [2.75, 3.05) is 0 Å². The summed E-state index contributed by atoms with van der Waals surface area (Å²) in [6.07, 6.45) is 3.26. The standard InChI is InChI=1S/C14H16N2O2/c1-10-5-6-12(11(2)9-10)14(3,13(17)18)16-8-4-7-15-16/h4-9H,1-3H3,(H,17,18). The molecule has 1 N–H and O–H groups in total. The average molecular weight is 244 g/mol. The summed E-state index contributed by atoms with van der Waals surface area (Å²) in [6.45, 7) is 5.58. The van der Waals surface area contributed by atoms with Crippen LogP contribution >= 0.6 is 0 Å². The molecule has 0 spiro atoms. The van der Waals surface area contributed by atoms with Gasteiger partial charge < -0.3 is 5.11 Å². The Hall–Kier alpha value is -2.10. The van der Waals surface area contributed by atoms with Gasteiger partial charge in [0, 0.05) is 12.4 Å². The molecule has 0 bridgehead atoms. The lowest BCUT2D eigenvalue weighted by Crippen LogP contribution is -2.41. The largest absolute Gasteiger partial charge is 0.479 e. The summed E-state index contributed by atoms with van der Waals surface area (Å²) in [6, 6.07) is 7.50. The number of aromatic nitrogens is 2. The van der Waals surface area contributed by atoms with E-state index in [0.717, 1.165) is 16.7 Å². The third kappa shape index (κ3) is 1.79. The van der Waals surface area contributed by atoms with E-state index in [1.807, 2.05) is 32.0 Å². The zero-order valence-corrected chi connectivity index (χ0v) is 10.7. The van der Waals surface area contributed by atoms with E-state index in [2.05, 4.69) is 5.10 Å². The monoisotopic (exact) mass is 244 g/mol. The molecule has 0 aliphatic heterocycles. The summed E-state index contributed by atoms with van der Waals surface area (Å²) < 4.78 is 1.48. The Morgan fingerprint density at radius 1 is 1.39 bits per heavy atom. The molecular weight excluding hydrogens is 228 g/mol. The second kappa shape index (κ2) is 4.29. The first-order valence-electron chi connectivity index (χ1n) is 5.77. The molecule has 0 fully saturated rings. The van der Waals surface area contributed by atoms with Crippen LogP contribution in [-0.2, 0) is 10.3 Å². The van der Waals surface area contributed by atoms with Crippen LogP contribution in [0.1, 0.15) is 23.6 Å². The Morgan fingerprint density at radius 2 is 2.11 bits per heavy atom. The van der Waals surface area contributed by atoms with E-state index in [9.17, 15) is 9.90 Å². The molecule has 0 amide bonds. The van der Waals surface area contributed by atoms with E-state index < -0.39 is 11.5 Å². The topological polar surface area (TPSA) is 55.1 Å².